The maximum atomic E-state index is 14.3. The highest BCUT2D eigenvalue weighted by Crippen LogP contribution is 2.36. The number of rotatable bonds is 13. The van der Waals surface area contributed by atoms with Crippen LogP contribution in [0.3, 0.4) is 0 Å². The zero-order valence-corrected chi connectivity index (χ0v) is 24.9. The maximum absolute atomic E-state index is 14.3. The molecule has 1 unspecified atom stereocenters. The van der Waals surface area contributed by atoms with E-state index in [1.165, 1.54) is 17.2 Å². The van der Waals surface area contributed by atoms with Gasteiger partial charge >= 0.3 is 0 Å². The van der Waals surface area contributed by atoms with E-state index in [0.29, 0.717) is 37.6 Å². The first-order chi connectivity index (χ1) is 19.5. The molecule has 0 saturated carbocycles. The third kappa shape index (κ3) is 8.75. The number of nitrogens with zero attached hydrogens (tertiary/aromatic N) is 1. The fourth-order valence-electron chi connectivity index (χ4n) is 5.20. The quantitative estimate of drug-likeness (QED) is 0.205. The normalized spacial score (nSPS) is 14.7. The van der Waals surface area contributed by atoms with Crippen LogP contribution >= 0.6 is 11.6 Å². The summed E-state index contributed by atoms with van der Waals surface area (Å²) in [5.74, 6) is -2.18. The van der Waals surface area contributed by atoms with Gasteiger partial charge in [-0.3, -0.25) is 4.90 Å². The third-order valence-electron chi connectivity index (χ3n) is 7.44. The molecule has 0 radical (unpaired) electrons. The Morgan fingerprint density at radius 2 is 1.73 bits per heavy atom. The first-order valence-electron chi connectivity index (χ1n) is 14.3. The number of ether oxygens (including phenoxy) is 1. The van der Waals surface area contributed by atoms with Crippen LogP contribution in [0, 0.1) is 0 Å². The van der Waals surface area contributed by atoms with Gasteiger partial charge in [-0.1, -0.05) is 90.5 Å². The molecule has 3 aromatic carbocycles. The van der Waals surface area contributed by atoms with Crippen LogP contribution in [-0.4, -0.2) is 29.7 Å². The van der Waals surface area contributed by atoms with Crippen LogP contribution in [0.15, 0.2) is 96.6 Å². The summed E-state index contributed by atoms with van der Waals surface area (Å²) in [5, 5.41) is 10.5. The summed E-state index contributed by atoms with van der Waals surface area (Å²) in [6, 6.07) is 22.8. The fourth-order valence-corrected chi connectivity index (χ4v) is 5.55. The van der Waals surface area contributed by atoms with E-state index in [9.17, 15) is 13.9 Å². The third-order valence-corrected chi connectivity index (χ3v) is 7.89. The van der Waals surface area contributed by atoms with Crippen molar-refractivity contribution in [2.45, 2.75) is 64.0 Å². The highest BCUT2D eigenvalue weighted by Gasteiger charge is 2.29. The first kappa shape index (κ1) is 31.0. The highest BCUT2D eigenvalue weighted by molar-refractivity contribution is 6.32. The van der Waals surface area contributed by atoms with Crippen molar-refractivity contribution >= 4 is 11.6 Å². The minimum Gasteiger partial charge on any atom is -0.494 e. The van der Waals surface area contributed by atoms with E-state index in [2.05, 4.69) is 47.4 Å². The minimum absolute atomic E-state index is 0.123. The Bertz CT molecular complexity index is 1340. The molecule has 0 heterocycles. The number of hydrogen-bond donors (Lipinski definition) is 1. The van der Waals surface area contributed by atoms with Crippen molar-refractivity contribution < 1.29 is 18.6 Å². The number of halogens is 3. The highest BCUT2D eigenvalue weighted by atomic mass is 35.5. The number of allylic oxidation sites excluding steroid dienone is 3. The van der Waals surface area contributed by atoms with Crippen LogP contribution in [-0.2, 0) is 18.1 Å². The zero-order chi connectivity index (χ0) is 29.5. The van der Waals surface area contributed by atoms with Gasteiger partial charge in [0.05, 0.1) is 17.2 Å². The van der Waals surface area contributed by atoms with Gasteiger partial charge in [0.2, 0.25) is 0 Å². The van der Waals surface area contributed by atoms with Gasteiger partial charge in [0, 0.05) is 38.0 Å². The molecule has 1 N–H and O–H groups in total. The number of alkyl halides is 2. The Morgan fingerprint density at radius 1 is 0.976 bits per heavy atom. The molecular formula is C35H40ClF2NO2. The standard InChI is InChI=1S/C35H40ClF2NO2/c1-34(2,40)29-18-11-19-30(23-29)41-22-12-21-39(24-28-17-10-20-32(33(28)36)35(3,37)38)25-31(26-13-6-4-7-14-26)27-15-8-5-9-16-27/h4,6-8,10-11,13-20,23,31,40H,5,9,12,21-22,24-25H2,1-3H3. The minimum atomic E-state index is -3.02. The van der Waals surface area contributed by atoms with E-state index in [-0.39, 0.29) is 16.5 Å². The lowest BCUT2D eigenvalue weighted by Crippen LogP contribution is -2.31. The second-order valence-electron chi connectivity index (χ2n) is 11.3. The number of benzene rings is 3. The maximum Gasteiger partial charge on any atom is 0.271 e. The predicted octanol–water partition coefficient (Wildman–Crippen LogP) is 9.01. The molecule has 0 fully saturated rings. The van der Waals surface area contributed by atoms with E-state index in [1.54, 1.807) is 19.9 Å². The molecule has 0 aliphatic heterocycles. The molecule has 0 aromatic heterocycles. The summed E-state index contributed by atoms with van der Waals surface area (Å²) in [6.07, 6.45) is 9.50. The van der Waals surface area contributed by atoms with Crippen molar-refractivity contribution in [3.63, 3.8) is 0 Å². The van der Waals surface area contributed by atoms with Gasteiger partial charge in [-0.15, -0.1) is 0 Å². The Balaban J connectivity index is 1.55. The molecule has 6 heteroatoms. The van der Waals surface area contributed by atoms with Crippen LogP contribution in [0.5, 0.6) is 5.75 Å². The van der Waals surface area contributed by atoms with Crippen LogP contribution in [0.1, 0.15) is 68.2 Å². The number of aliphatic hydroxyl groups is 1. The van der Waals surface area contributed by atoms with Gasteiger partial charge in [-0.25, -0.2) is 8.78 Å². The molecule has 218 valence electrons. The van der Waals surface area contributed by atoms with Gasteiger partial charge in [0.15, 0.2) is 0 Å². The molecule has 1 aliphatic rings. The summed E-state index contributed by atoms with van der Waals surface area (Å²) >= 11 is 6.56. The summed E-state index contributed by atoms with van der Waals surface area (Å²) in [4.78, 5) is 2.29. The summed E-state index contributed by atoms with van der Waals surface area (Å²) in [6.45, 7) is 6.69. The molecule has 0 amide bonds. The van der Waals surface area contributed by atoms with E-state index in [1.807, 2.05) is 36.4 Å². The van der Waals surface area contributed by atoms with E-state index >= 15 is 0 Å². The van der Waals surface area contributed by atoms with Crippen molar-refractivity contribution in [2.75, 3.05) is 19.7 Å². The molecule has 4 rings (SSSR count). The lowest BCUT2D eigenvalue weighted by atomic mass is 9.87. The first-order valence-corrected chi connectivity index (χ1v) is 14.7. The molecule has 1 atom stereocenters. The topological polar surface area (TPSA) is 32.7 Å². The second-order valence-corrected chi connectivity index (χ2v) is 11.7. The zero-order valence-electron chi connectivity index (χ0n) is 24.1. The molecule has 3 aromatic rings. The van der Waals surface area contributed by atoms with Crippen molar-refractivity contribution in [1.82, 2.24) is 4.90 Å². The summed E-state index contributed by atoms with van der Waals surface area (Å²) < 4.78 is 34.6. The van der Waals surface area contributed by atoms with Crippen molar-refractivity contribution in [3.05, 3.63) is 124 Å². The smallest absolute Gasteiger partial charge is 0.271 e. The van der Waals surface area contributed by atoms with Crippen LogP contribution in [0.4, 0.5) is 8.78 Å². The van der Waals surface area contributed by atoms with Crippen LogP contribution in [0.2, 0.25) is 5.02 Å². The van der Waals surface area contributed by atoms with E-state index in [0.717, 1.165) is 31.7 Å². The Morgan fingerprint density at radius 3 is 2.41 bits per heavy atom. The molecule has 0 spiro atoms. The largest absolute Gasteiger partial charge is 0.494 e. The number of hydrogen-bond acceptors (Lipinski definition) is 3. The van der Waals surface area contributed by atoms with Gasteiger partial charge < -0.3 is 9.84 Å². The van der Waals surface area contributed by atoms with Crippen LogP contribution < -0.4 is 4.74 Å². The summed E-state index contributed by atoms with van der Waals surface area (Å²) in [5.41, 5.74) is 2.86. The van der Waals surface area contributed by atoms with Gasteiger partial charge in [-0.2, -0.15) is 0 Å². The van der Waals surface area contributed by atoms with E-state index < -0.39 is 11.5 Å². The Kier molecular flexibility index (Phi) is 10.4. The van der Waals surface area contributed by atoms with Crippen LogP contribution in [0.25, 0.3) is 0 Å². The SMILES string of the molecule is CC(C)(O)c1cccc(OCCCN(Cc2cccc(C(C)(F)F)c2Cl)CC(C2=CCCC=C2)c2ccccc2)c1. The van der Waals surface area contributed by atoms with Gasteiger partial charge in [-0.05, 0) is 67.5 Å². The van der Waals surface area contributed by atoms with Gasteiger partial charge in [0.25, 0.3) is 5.92 Å². The predicted molar refractivity (Wildman–Crippen MR) is 164 cm³/mol. The second kappa shape index (κ2) is 13.8. The van der Waals surface area contributed by atoms with Crippen molar-refractivity contribution in [3.8, 4) is 5.75 Å². The fraction of sp³-hybridized carbons (Fsp3) is 0.371. The lowest BCUT2D eigenvalue weighted by Gasteiger charge is -2.30. The van der Waals surface area contributed by atoms with Crippen molar-refractivity contribution in [2.24, 2.45) is 0 Å². The van der Waals surface area contributed by atoms with E-state index in [4.69, 9.17) is 16.3 Å². The average molecular weight is 580 g/mol. The molecule has 0 bridgehead atoms. The summed E-state index contributed by atoms with van der Waals surface area (Å²) in [7, 11) is 0. The average Bonchev–Trinajstić information content (AvgIpc) is 2.95. The Hall–Kier alpha value is -2.99. The Labute approximate surface area is 248 Å². The molecule has 0 saturated heterocycles. The monoisotopic (exact) mass is 579 g/mol. The molecule has 3 nitrogen and oxygen atoms in total. The molecule has 41 heavy (non-hydrogen) atoms. The molecule has 1 aliphatic carbocycles. The van der Waals surface area contributed by atoms with Crippen molar-refractivity contribution in [1.29, 1.82) is 0 Å². The lowest BCUT2D eigenvalue weighted by molar-refractivity contribution is 0.0174. The molecular weight excluding hydrogens is 540 g/mol. The van der Waals surface area contributed by atoms with Gasteiger partial charge in [0.1, 0.15) is 5.75 Å².